The summed E-state index contributed by atoms with van der Waals surface area (Å²) in [6.07, 6.45) is 35.6. The topological polar surface area (TPSA) is 0 Å². The Balaban J connectivity index is 0.000000500. The van der Waals surface area contributed by atoms with E-state index in [0.29, 0.717) is 0 Å². The first kappa shape index (κ1) is 27.7. The standard InChI is InChI=1S/C16H8.2C5H5.2Fe/c1(3-9-15-11-5-6-12-15)2-4-10-16-13-7-8-14-16;2*1-2-4-5-3-1;;/h5-8,11-14H;2*1-5H;;/q;;;2*+2. The van der Waals surface area contributed by atoms with Crippen LogP contribution in [0.1, 0.15) is 0 Å². The van der Waals surface area contributed by atoms with Crippen molar-refractivity contribution in [3.8, 4) is 35.5 Å². The van der Waals surface area contributed by atoms with Gasteiger partial charge in [-0.1, -0.05) is 11.8 Å². The molecule has 134 valence electrons. The fraction of sp³-hybridized carbons (Fsp3) is 0. The minimum atomic E-state index is 0. The first-order valence-electron chi connectivity index (χ1n) is 8.24. The van der Waals surface area contributed by atoms with Crippen molar-refractivity contribution in [2.45, 2.75) is 0 Å². The average molecular weight is 442 g/mol. The molecule has 4 rings (SSSR count). The van der Waals surface area contributed by atoms with Crippen LogP contribution in [0, 0.1) is 163 Å². The van der Waals surface area contributed by atoms with Gasteiger partial charge in [-0.05, 0) is 139 Å². The summed E-state index contributed by atoms with van der Waals surface area (Å²) in [6.45, 7) is 0. The zero-order valence-corrected chi connectivity index (χ0v) is 17.3. The van der Waals surface area contributed by atoms with E-state index in [1.807, 2.05) is 116 Å². The van der Waals surface area contributed by atoms with Crippen LogP contribution in [0.15, 0.2) is 0 Å². The zero-order chi connectivity index (χ0) is 18.1. The predicted molar refractivity (Wildman–Crippen MR) is 107 cm³/mol. The maximum Gasteiger partial charge on any atom is 2.00 e. The van der Waals surface area contributed by atoms with Gasteiger partial charge in [0, 0.05) is 0 Å². The van der Waals surface area contributed by atoms with Gasteiger partial charge < -0.3 is 0 Å². The van der Waals surface area contributed by atoms with Crippen molar-refractivity contribution in [1.82, 2.24) is 0 Å². The third-order valence-corrected chi connectivity index (χ3v) is 3.04. The van der Waals surface area contributed by atoms with Gasteiger partial charge in [0.15, 0.2) is 0 Å². The van der Waals surface area contributed by atoms with E-state index in [0.717, 1.165) is 11.8 Å². The molecule has 0 unspecified atom stereocenters. The average Bonchev–Trinajstić information content (AvgIpc) is 3.48. The van der Waals surface area contributed by atoms with E-state index in [2.05, 4.69) is 35.5 Å². The zero-order valence-electron chi connectivity index (χ0n) is 15.1. The molecule has 0 amide bonds. The molecule has 4 fully saturated rings. The van der Waals surface area contributed by atoms with Gasteiger partial charge in [-0.25, -0.2) is 0 Å². The van der Waals surface area contributed by atoms with Gasteiger partial charge in [0.2, 0.25) is 0 Å². The van der Waals surface area contributed by atoms with Gasteiger partial charge in [0.05, 0.1) is 11.8 Å². The summed E-state index contributed by atoms with van der Waals surface area (Å²) in [6, 6.07) is 0. The minimum Gasteiger partial charge on any atom is -0.0800 e. The van der Waals surface area contributed by atoms with Crippen molar-refractivity contribution < 1.29 is 34.1 Å². The summed E-state index contributed by atoms with van der Waals surface area (Å²) in [5, 5.41) is 0. The predicted octanol–water partition coefficient (Wildman–Crippen LogP) is 3.85. The van der Waals surface area contributed by atoms with Gasteiger partial charge in [0.25, 0.3) is 0 Å². The van der Waals surface area contributed by atoms with E-state index in [1.165, 1.54) is 0 Å². The van der Waals surface area contributed by atoms with E-state index >= 15 is 0 Å². The van der Waals surface area contributed by atoms with Crippen LogP contribution in [-0.2, 0) is 34.1 Å². The fourth-order valence-corrected chi connectivity index (χ4v) is 1.83. The van der Waals surface area contributed by atoms with Crippen molar-refractivity contribution in [3.63, 3.8) is 0 Å². The van der Waals surface area contributed by atoms with Gasteiger partial charge >= 0.3 is 34.1 Å². The van der Waals surface area contributed by atoms with E-state index in [4.69, 9.17) is 0 Å². The second kappa shape index (κ2) is 20.0. The second-order valence-electron chi connectivity index (χ2n) is 5.02. The molecule has 0 aliphatic heterocycles. The molecule has 20 radical (unpaired) electrons. The van der Waals surface area contributed by atoms with Crippen LogP contribution in [0.3, 0.4) is 0 Å². The first-order valence-corrected chi connectivity index (χ1v) is 8.24. The van der Waals surface area contributed by atoms with Crippen LogP contribution in [-0.4, -0.2) is 0 Å². The second-order valence-corrected chi connectivity index (χ2v) is 5.02. The van der Waals surface area contributed by atoms with Crippen molar-refractivity contribution in [2.75, 3.05) is 0 Å². The summed E-state index contributed by atoms with van der Waals surface area (Å²) >= 11 is 0. The normalized spacial score (nSPS) is 20.1. The van der Waals surface area contributed by atoms with E-state index in [-0.39, 0.29) is 34.1 Å². The molecule has 0 atom stereocenters. The molecule has 2 heteroatoms. The molecular weight excluding hydrogens is 424 g/mol. The van der Waals surface area contributed by atoms with Crippen LogP contribution in [0.5, 0.6) is 0 Å². The Morgan fingerprint density at radius 2 is 0.571 bits per heavy atom. The Morgan fingerprint density at radius 1 is 0.321 bits per heavy atom. The quantitative estimate of drug-likeness (QED) is 0.395. The fourth-order valence-electron chi connectivity index (χ4n) is 1.83. The Bertz CT molecular complexity index is 463. The summed E-state index contributed by atoms with van der Waals surface area (Å²) < 4.78 is 0. The molecule has 0 bridgehead atoms. The molecule has 28 heavy (non-hydrogen) atoms. The molecule has 0 N–H and O–H groups in total. The van der Waals surface area contributed by atoms with Crippen LogP contribution in [0.2, 0.25) is 0 Å². The molecule has 0 saturated heterocycles. The van der Waals surface area contributed by atoms with Crippen molar-refractivity contribution >= 4 is 0 Å². The molecule has 4 aliphatic carbocycles. The maximum absolute atomic E-state index is 2.93. The molecule has 4 aliphatic rings. The Kier molecular flexibility index (Phi) is 19.8. The molecule has 0 aromatic carbocycles. The summed E-state index contributed by atoms with van der Waals surface area (Å²) in [7, 11) is 0. The largest absolute Gasteiger partial charge is 2.00 e. The van der Waals surface area contributed by atoms with E-state index < -0.39 is 0 Å². The smallest absolute Gasteiger partial charge is 0.0800 e. The van der Waals surface area contributed by atoms with Crippen molar-refractivity contribution in [2.24, 2.45) is 0 Å². The van der Waals surface area contributed by atoms with Gasteiger partial charge in [-0.2, -0.15) is 0 Å². The monoisotopic (exact) mass is 442 g/mol. The molecule has 4 saturated carbocycles. The number of hydrogen-bond donors (Lipinski definition) is 0. The van der Waals surface area contributed by atoms with E-state index in [9.17, 15) is 0 Å². The number of rotatable bonds is 0. The molecule has 0 aromatic heterocycles. The summed E-state index contributed by atoms with van der Waals surface area (Å²) in [4.78, 5) is 0. The molecule has 0 aromatic rings. The SMILES string of the molecule is C(#CC#C[C]1[CH][CH][CH][CH]1)C#C[C]1[CH][CH][CH][CH]1.[CH]1[CH][CH][CH][CH]1.[CH]1[CH][CH][CH][CH]1.[Fe+2].[Fe+2]. The van der Waals surface area contributed by atoms with Crippen LogP contribution in [0.4, 0.5) is 0 Å². The Hall–Kier alpha value is -0.281. The minimum absolute atomic E-state index is 0. The van der Waals surface area contributed by atoms with Gasteiger partial charge in [-0.3, -0.25) is 0 Å². The Morgan fingerprint density at radius 3 is 0.821 bits per heavy atom. The third-order valence-electron chi connectivity index (χ3n) is 3.04. The Labute approximate surface area is 196 Å². The molecule has 0 nitrogen and oxygen atoms in total. The first-order chi connectivity index (χ1) is 12.9. The third kappa shape index (κ3) is 14.7. The van der Waals surface area contributed by atoms with Crippen LogP contribution in [0.25, 0.3) is 0 Å². The molecule has 0 spiro atoms. The van der Waals surface area contributed by atoms with Crippen LogP contribution >= 0.6 is 0 Å². The van der Waals surface area contributed by atoms with Crippen molar-refractivity contribution in [3.05, 3.63) is 127 Å². The van der Waals surface area contributed by atoms with Crippen LogP contribution < -0.4 is 0 Å². The maximum atomic E-state index is 2.93. The van der Waals surface area contributed by atoms with Gasteiger partial charge in [0.1, 0.15) is 0 Å². The molecular formula is C26H18Fe2+4. The molecule has 0 heterocycles. The summed E-state index contributed by atoms with van der Waals surface area (Å²) in [5.74, 6) is 18.7. The van der Waals surface area contributed by atoms with E-state index in [1.54, 1.807) is 0 Å². The van der Waals surface area contributed by atoms with Crippen molar-refractivity contribution in [1.29, 1.82) is 0 Å². The van der Waals surface area contributed by atoms with Gasteiger partial charge in [-0.15, -0.1) is 0 Å². The summed E-state index contributed by atoms with van der Waals surface area (Å²) in [5.41, 5.74) is 0. The number of hydrogen-bond acceptors (Lipinski definition) is 0.